The summed E-state index contributed by atoms with van der Waals surface area (Å²) in [6, 6.07) is 2.59. The molecule has 0 atom stereocenters. The van der Waals surface area contributed by atoms with Gasteiger partial charge in [0.2, 0.25) is 0 Å². The van der Waals surface area contributed by atoms with E-state index >= 15 is 0 Å². The van der Waals surface area contributed by atoms with Crippen LogP contribution in [0.4, 0.5) is 17.6 Å². The maximum Gasteiger partial charge on any atom is 0.409 e. The van der Waals surface area contributed by atoms with Crippen molar-refractivity contribution in [3.05, 3.63) is 41.2 Å². The summed E-state index contributed by atoms with van der Waals surface area (Å²) in [5.74, 6) is -2.85. The predicted octanol–water partition coefficient (Wildman–Crippen LogP) is 1.76. The van der Waals surface area contributed by atoms with E-state index in [1.165, 1.54) is 0 Å². The van der Waals surface area contributed by atoms with Crippen LogP contribution in [-0.2, 0) is 0 Å². The number of carboxylic acid groups (broad SMARTS) is 1. The van der Waals surface area contributed by atoms with Gasteiger partial charge < -0.3 is 9.90 Å². The number of carboxylic acids is 1. The summed E-state index contributed by atoms with van der Waals surface area (Å²) in [6.07, 6.45) is -3.92. The molecule has 0 saturated heterocycles. The molecular weight excluding hydrogens is 228 g/mol. The average molecular weight is 233 g/mol. The van der Waals surface area contributed by atoms with Crippen LogP contribution in [0, 0.1) is 5.82 Å². The number of hydrogen-bond acceptors (Lipinski definition) is 2. The fourth-order valence-corrected chi connectivity index (χ4v) is 0.991. The van der Waals surface area contributed by atoms with Crippen molar-refractivity contribution in [3.63, 3.8) is 0 Å². The Morgan fingerprint density at radius 1 is 1.31 bits per heavy atom. The van der Waals surface area contributed by atoms with Gasteiger partial charge in [0.25, 0.3) is 0 Å². The quantitative estimate of drug-likeness (QED) is 0.730. The smallest absolute Gasteiger partial charge is 0.409 e. The SMILES string of the molecule is O=C([O-])c1ccc(C=CC(F)(F)F)cc1F. The van der Waals surface area contributed by atoms with Crippen LogP contribution >= 0.6 is 0 Å². The molecule has 1 rings (SSSR count). The van der Waals surface area contributed by atoms with E-state index in [0.717, 1.165) is 12.1 Å². The third-order valence-corrected chi connectivity index (χ3v) is 1.68. The zero-order valence-corrected chi connectivity index (χ0v) is 7.72. The van der Waals surface area contributed by atoms with Gasteiger partial charge >= 0.3 is 6.18 Å². The number of carbonyl (C=O) groups excluding carboxylic acids is 1. The Morgan fingerprint density at radius 2 is 1.94 bits per heavy atom. The van der Waals surface area contributed by atoms with Crippen molar-refractivity contribution in [1.29, 1.82) is 0 Å². The second kappa shape index (κ2) is 4.34. The summed E-state index contributed by atoms with van der Waals surface area (Å²) in [6.45, 7) is 0. The normalized spacial score (nSPS) is 12.0. The molecule has 0 fully saturated rings. The predicted molar refractivity (Wildman–Crippen MR) is 45.8 cm³/mol. The summed E-state index contributed by atoms with van der Waals surface area (Å²) in [5.41, 5.74) is -0.774. The van der Waals surface area contributed by atoms with E-state index in [0.29, 0.717) is 12.1 Å². The Balaban J connectivity index is 2.99. The number of aromatic carboxylic acids is 1. The molecule has 86 valence electrons. The zero-order valence-electron chi connectivity index (χ0n) is 7.72. The first-order chi connectivity index (χ1) is 7.29. The third kappa shape index (κ3) is 3.38. The Labute approximate surface area is 87.8 Å². The number of benzene rings is 1. The molecule has 0 amide bonds. The van der Waals surface area contributed by atoms with Gasteiger partial charge in [0.1, 0.15) is 5.82 Å². The molecule has 0 spiro atoms. The van der Waals surface area contributed by atoms with Crippen molar-refractivity contribution in [2.45, 2.75) is 6.18 Å². The van der Waals surface area contributed by atoms with Crippen LogP contribution in [0.3, 0.4) is 0 Å². The van der Waals surface area contributed by atoms with E-state index in [-0.39, 0.29) is 11.6 Å². The molecule has 0 saturated carbocycles. The minimum atomic E-state index is -4.50. The van der Waals surface area contributed by atoms with Crippen molar-refractivity contribution in [3.8, 4) is 0 Å². The van der Waals surface area contributed by atoms with Gasteiger partial charge in [-0.2, -0.15) is 13.2 Å². The maximum absolute atomic E-state index is 13.0. The van der Waals surface area contributed by atoms with Gasteiger partial charge in [0.15, 0.2) is 0 Å². The van der Waals surface area contributed by atoms with Crippen molar-refractivity contribution in [1.82, 2.24) is 0 Å². The van der Waals surface area contributed by atoms with E-state index in [1.807, 2.05) is 0 Å². The van der Waals surface area contributed by atoms with Crippen molar-refractivity contribution in [2.24, 2.45) is 0 Å². The lowest BCUT2D eigenvalue weighted by atomic mass is 10.1. The number of rotatable bonds is 2. The highest BCUT2D eigenvalue weighted by atomic mass is 19.4. The standard InChI is InChI=1S/C10H6F4O2/c11-8-5-6(3-4-10(12,13)14)1-2-7(8)9(15)16/h1-5H,(H,15,16)/p-1. The highest BCUT2D eigenvalue weighted by molar-refractivity contribution is 5.86. The van der Waals surface area contributed by atoms with Crippen molar-refractivity contribution >= 4 is 12.0 Å². The molecule has 0 N–H and O–H groups in total. The van der Waals surface area contributed by atoms with Crippen LogP contribution in [0.2, 0.25) is 0 Å². The minimum Gasteiger partial charge on any atom is -0.545 e. The van der Waals surface area contributed by atoms with Crippen LogP contribution in [0.25, 0.3) is 6.08 Å². The lowest BCUT2D eigenvalue weighted by Gasteiger charge is -2.04. The topological polar surface area (TPSA) is 40.1 Å². The first-order valence-corrected chi connectivity index (χ1v) is 4.06. The largest absolute Gasteiger partial charge is 0.545 e. The lowest BCUT2D eigenvalue weighted by Crippen LogP contribution is -2.23. The molecule has 1 aromatic carbocycles. The molecule has 16 heavy (non-hydrogen) atoms. The molecule has 0 unspecified atom stereocenters. The van der Waals surface area contributed by atoms with Gasteiger partial charge in [-0.15, -0.1) is 0 Å². The maximum atomic E-state index is 13.0. The van der Waals surface area contributed by atoms with E-state index in [9.17, 15) is 27.5 Å². The minimum absolute atomic E-state index is 0.0690. The third-order valence-electron chi connectivity index (χ3n) is 1.68. The highest BCUT2D eigenvalue weighted by Crippen LogP contribution is 2.19. The highest BCUT2D eigenvalue weighted by Gasteiger charge is 2.21. The fraction of sp³-hybridized carbons (Fsp3) is 0.100. The second-order valence-corrected chi connectivity index (χ2v) is 2.90. The van der Waals surface area contributed by atoms with Crippen LogP contribution in [-0.4, -0.2) is 12.1 Å². The Morgan fingerprint density at radius 3 is 2.38 bits per heavy atom. The van der Waals surface area contributed by atoms with Gasteiger partial charge in [-0.25, -0.2) is 4.39 Å². The van der Waals surface area contributed by atoms with Crippen LogP contribution in [0.5, 0.6) is 0 Å². The molecular formula is C10H5F4O2-. The molecule has 6 heteroatoms. The summed E-state index contributed by atoms with van der Waals surface area (Å²) >= 11 is 0. The van der Waals surface area contributed by atoms with Crippen molar-refractivity contribution < 1.29 is 27.5 Å². The first kappa shape index (κ1) is 12.2. The molecule has 0 aliphatic carbocycles. The number of carbonyl (C=O) groups is 1. The van der Waals surface area contributed by atoms with Crippen LogP contribution < -0.4 is 5.11 Å². The second-order valence-electron chi connectivity index (χ2n) is 2.90. The average Bonchev–Trinajstić information content (AvgIpc) is 2.13. The molecule has 2 nitrogen and oxygen atoms in total. The summed E-state index contributed by atoms with van der Waals surface area (Å²) < 4.78 is 48.3. The molecule has 0 aliphatic rings. The molecule has 0 aromatic heterocycles. The molecule has 0 heterocycles. The molecule has 0 aliphatic heterocycles. The zero-order chi connectivity index (χ0) is 12.3. The number of halogens is 4. The van der Waals surface area contributed by atoms with Gasteiger partial charge in [-0.05, 0) is 23.8 Å². The van der Waals surface area contributed by atoms with Gasteiger partial charge in [-0.1, -0.05) is 6.07 Å². The molecule has 1 aromatic rings. The first-order valence-electron chi connectivity index (χ1n) is 4.06. The number of allylic oxidation sites excluding steroid dienone is 1. The summed E-state index contributed by atoms with van der Waals surface area (Å²) in [4.78, 5) is 10.3. The van der Waals surface area contributed by atoms with Gasteiger partial charge in [-0.3, -0.25) is 0 Å². The fourth-order valence-electron chi connectivity index (χ4n) is 0.991. The van der Waals surface area contributed by atoms with Gasteiger partial charge in [0, 0.05) is 11.6 Å². The van der Waals surface area contributed by atoms with E-state index < -0.39 is 23.5 Å². The summed E-state index contributed by atoms with van der Waals surface area (Å²) in [7, 11) is 0. The van der Waals surface area contributed by atoms with E-state index in [2.05, 4.69) is 0 Å². The lowest BCUT2D eigenvalue weighted by molar-refractivity contribution is -0.255. The molecule has 0 radical (unpaired) electrons. The number of hydrogen-bond donors (Lipinski definition) is 0. The van der Waals surface area contributed by atoms with E-state index in [4.69, 9.17) is 0 Å². The monoisotopic (exact) mass is 233 g/mol. The molecule has 0 bridgehead atoms. The van der Waals surface area contributed by atoms with Crippen molar-refractivity contribution in [2.75, 3.05) is 0 Å². The Kier molecular flexibility index (Phi) is 3.31. The van der Waals surface area contributed by atoms with Crippen LogP contribution in [0.15, 0.2) is 24.3 Å². The Hall–Kier alpha value is -1.85. The van der Waals surface area contributed by atoms with Crippen LogP contribution in [0.1, 0.15) is 15.9 Å². The van der Waals surface area contributed by atoms with Gasteiger partial charge in [0.05, 0.1) is 5.97 Å². The van der Waals surface area contributed by atoms with E-state index in [1.54, 1.807) is 0 Å². The summed E-state index contributed by atoms with van der Waals surface area (Å²) in [5, 5.41) is 10.3. The number of alkyl halides is 3. The Bertz CT molecular complexity index is 435.